The number of rotatable bonds is 4. The first-order valence-corrected chi connectivity index (χ1v) is 9.18. The van der Waals surface area contributed by atoms with Crippen molar-refractivity contribution in [2.24, 2.45) is 0 Å². The van der Waals surface area contributed by atoms with Crippen LogP contribution in [0.1, 0.15) is 18.5 Å². The molecule has 1 heterocycles. The molecule has 0 aromatic heterocycles. The Kier molecular flexibility index (Phi) is 5.58. The molecule has 26 heavy (non-hydrogen) atoms. The molecule has 2 aromatic rings. The van der Waals surface area contributed by atoms with Crippen LogP contribution in [0.25, 0.3) is 0 Å². The number of nitrogens with one attached hydrogen (secondary N) is 3. The number of carbonyl (C=O) groups excluding carboxylic acids is 1. The van der Waals surface area contributed by atoms with Crippen LogP contribution < -0.4 is 20.7 Å². The molecule has 5 nitrogen and oxygen atoms in total. The smallest absolute Gasteiger partial charge is 0.255 e. The Balaban J connectivity index is 1.93. The maximum atomic E-state index is 13.0. The molecule has 0 aliphatic carbocycles. The van der Waals surface area contributed by atoms with E-state index >= 15 is 0 Å². The number of methoxy groups -OCH3 is 1. The van der Waals surface area contributed by atoms with Crippen molar-refractivity contribution in [3.63, 3.8) is 0 Å². The molecule has 0 spiro atoms. The van der Waals surface area contributed by atoms with Crippen molar-refractivity contribution in [1.82, 2.24) is 10.6 Å². The van der Waals surface area contributed by atoms with Crippen LogP contribution in [-0.2, 0) is 4.79 Å². The number of halogens is 1. The third-order valence-electron chi connectivity index (χ3n) is 4.08. The minimum Gasteiger partial charge on any atom is -0.497 e. The molecule has 7 heteroatoms. The number of allylic oxidation sites excluding steroid dienone is 1. The molecule has 2 aromatic carbocycles. The maximum Gasteiger partial charge on any atom is 0.255 e. The Labute approximate surface area is 165 Å². The number of amides is 1. The first kappa shape index (κ1) is 18.4. The lowest BCUT2D eigenvalue weighted by atomic mass is 9.95. The van der Waals surface area contributed by atoms with Gasteiger partial charge in [0.05, 0.1) is 18.7 Å². The second-order valence-corrected chi connectivity index (χ2v) is 7.04. The third kappa shape index (κ3) is 3.89. The van der Waals surface area contributed by atoms with Crippen LogP contribution >= 0.6 is 28.1 Å². The van der Waals surface area contributed by atoms with E-state index < -0.39 is 0 Å². The summed E-state index contributed by atoms with van der Waals surface area (Å²) in [6.07, 6.45) is 0. The summed E-state index contributed by atoms with van der Waals surface area (Å²) in [7, 11) is 1.60. The molecule has 0 radical (unpaired) electrons. The summed E-state index contributed by atoms with van der Waals surface area (Å²) in [5.74, 6) is 0.534. The minimum atomic E-state index is -0.349. The van der Waals surface area contributed by atoms with Crippen molar-refractivity contribution in [3.8, 4) is 5.75 Å². The van der Waals surface area contributed by atoms with Gasteiger partial charge in [0.2, 0.25) is 0 Å². The van der Waals surface area contributed by atoms with Gasteiger partial charge in [-0.05, 0) is 55.0 Å². The molecule has 1 aliphatic heterocycles. The minimum absolute atomic E-state index is 0.198. The van der Waals surface area contributed by atoms with Crippen molar-refractivity contribution in [2.45, 2.75) is 13.0 Å². The largest absolute Gasteiger partial charge is 0.497 e. The van der Waals surface area contributed by atoms with E-state index in [4.69, 9.17) is 17.0 Å². The van der Waals surface area contributed by atoms with E-state index in [1.165, 1.54) is 0 Å². The van der Waals surface area contributed by atoms with Crippen LogP contribution in [0.15, 0.2) is 64.3 Å². The zero-order valence-corrected chi connectivity index (χ0v) is 16.7. The lowest BCUT2D eigenvalue weighted by Crippen LogP contribution is -2.45. The van der Waals surface area contributed by atoms with Crippen molar-refractivity contribution in [2.75, 3.05) is 12.4 Å². The summed E-state index contributed by atoms with van der Waals surface area (Å²) in [4.78, 5) is 13.0. The summed E-state index contributed by atoms with van der Waals surface area (Å²) in [5, 5.41) is 9.65. The summed E-state index contributed by atoms with van der Waals surface area (Å²) in [6.45, 7) is 1.85. The predicted octanol–water partition coefficient (Wildman–Crippen LogP) is 3.89. The Morgan fingerprint density at radius 3 is 2.54 bits per heavy atom. The molecule has 0 unspecified atom stereocenters. The maximum absolute atomic E-state index is 13.0. The van der Waals surface area contributed by atoms with Gasteiger partial charge < -0.3 is 20.7 Å². The average Bonchev–Trinajstić information content (AvgIpc) is 2.62. The molecule has 1 amide bonds. The van der Waals surface area contributed by atoms with Gasteiger partial charge in [-0.25, -0.2) is 0 Å². The molecule has 0 saturated carbocycles. The average molecular weight is 432 g/mol. The van der Waals surface area contributed by atoms with Crippen molar-refractivity contribution >= 4 is 44.9 Å². The normalized spacial score (nSPS) is 16.6. The molecule has 134 valence electrons. The van der Waals surface area contributed by atoms with Crippen LogP contribution in [0, 0.1) is 0 Å². The van der Waals surface area contributed by atoms with Gasteiger partial charge in [-0.1, -0.05) is 34.1 Å². The lowest BCUT2D eigenvalue weighted by molar-refractivity contribution is -0.113. The molecule has 1 atom stereocenters. The van der Waals surface area contributed by atoms with Gasteiger partial charge in [0.25, 0.3) is 5.91 Å². The van der Waals surface area contributed by atoms with Gasteiger partial charge >= 0.3 is 0 Å². The molecule has 3 N–H and O–H groups in total. The second-order valence-electron chi connectivity index (χ2n) is 5.77. The molecular formula is C19H18BrN3O2S. The van der Waals surface area contributed by atoms with Gasteiger partial charge in [-0.2, -0.15) is 0 Å². The highest BCUT2D eigenvalue weighted by atomic mass is 79.9. The molecule has 3 rings (SSSR count). The fourth-order valence-corrected chi connectivity index (χ4v) is 3.59. The van der Waals surface area contributed by atoms with E-state index in [1.54, 1.807) is 31.4 Å². The van der Waals surface area contributed by atoms with E-state index in [2.05, 4.69) is 31.9 Å². The molecule has 1 aliphatic rings. The highest BCUT2D eigenvalue weighted by molar-refractivity contribution is 9.10. The number of hydrogen-bond donors (Lipinski definition) is 3. The van der Waals surface area contributed by atoms with Crippen LogP contribution in [0.2, 0.25) is 0 Å². The highest BCUT2D eigenvalue weighted by Gasteiger charge is 2.30. The predicted molar refractivity (Wildman–Crippen MR) is 110 cm³/mol. The van der Waals surface area contributed by atoms with Crippen LogP contribution in [-0.4, -0.2) is 18.1 Å². The number of anilines is 1. The van der Waals surface area contributed by atoms with E-state index in [1.807, 2.05) is 31.2 Å². The van der Waals surface area contributed by atoms with E-state index in [0.29, 0.717) is 16.4 Å². The van der Waals surface area contributed by atoms with E-state index in [-0.39, 0.29) is 11.9 Å². The molecule has 0 bridgehead atoms. The second kappa shape index (κ2) is 7.88. The number of ether oxygens (including phenoxy) is 1. The topological polar surface area (TPSA) is 62.4 Å². The van der Waals surface area contributed by atoms with Crippen molar-refractivity contribution < 1.29 is 9.53 Å². The Morgan fingerprint density at radius 2 is 1.88 bits per heavy atom. The third-order valence-corrected chi connectivity index (χ3v) is 5.02. The Morgan fingerprint density at radius 1 is 1.19 bits per heavy atom. The lowest BCUT2D eigenvalue weighted by Gasteiger charge is -2.31. The van der Waals surface area contributed by atoms with Crippen molar-refractivity contribution in [3.05, 3.63) is 69.8 Å². The number of benzene rings is 2. The quantitative estimate of drug-likeness (QED) is 0.640. The Bertz CT molecular complexity index is 881. The van der Waals surface area contributed by atoms with E-state index in [9.17, 15) is 4.79 Å². The summed E-state index contributed by atoms with van der Waals surface area (Å²) in [6, 6.07) is 14.6. The van der Waals surface area contributed by atoms with Gasteiger partial charge in [-0.15, -0.1) is 0 Å². The highest BCUT2D eigenvalue weighted by Crippen LogP contribution is 2.32. The van der Waals surface area contributed by atoms with Crippen LogP contribution in [0.4, 0.5) is 5.69 Å². The van der Waals surface area contributed by atoms with Crippen molar-refractivity contribution in [1.29, 1.82) is 0 Å². The monoisotopic (exact) mass is 431 g/mol. The van der Waals surface area contributed by atoms with Gasteiger partial charge in [0, 0.05) is 15.9 Å². The number of hydrogen-bond acceptors (Lipinski definition) is 3. The zero-order chi connectivity index (χ0) is 18.7. The van der Waals surface area contributed by atoms with Crippen LogP contribution in [0.3, 0.4) is 0 Å². The Hall–Kier alpha value is -2.38. The zero-order valence-electron chi connectivity index (χ0n) is 14.3. The summed E-state index contributed by atoms with van der Waals surface area (Å²) >= 11 is 8.84. The van der Waals surface area contributed by atoms with Gasteiger partial charge in [-0.3, -0.25) is 4.79 Å². The SMILES string of the molecule is COc1ccc(NC(=O)C2=C(C)NC(=S)N[C@@H]2c2ccccc2Br)cc1. The fraction of sp³-hybridized carbons (Fsp3) is 0.158. The number of carbonyl (C=O) groups is 1. The summed E-state index contributed by atoms with van der Waals surface area (Å²) in [5.41, 5.74) is 2.94. The molecule has 0 saturated heterocycles. The van der Waals surface area contributed by atoms with E-state index in [0.717, 1.165) is 21.5 Å². The first-order valence-electron chi connectivity index (χ1n) is 7.97. The molecule has 0 fully saturated rings. The first-order chi connectivity index (χ1) is 12.5. The van der Waals surface area contributed by atoms with Gasteiger partial charge in [0.1, 0.15) is 5.75 Å². The van der Waals surface area contributed by atoms with Gasteiger partial charge in [0.15, 0.2) is 5.11 Å². The van der Waals surface area contributed by atoms with Crippen LogP contribution in [0.5, 0.6) is 5.75 Å². The number of thiocarbonyl (C=S) groups is 1. The molecular weight excluding hydrogens is 414 g/mol. The summed E-state index contributed by atoms with van der Waals surface area (Å²) < 4.78 is 6.05. The fourth-order valence-electron chi connectivity index (χ4n) is 2.81. The standard InChI is InChI=1S/C19H18BrN3O2S/c1-11-16(18(24)22-12-7-9-13(25-2)10-8-12)17(23-19(26)21-11)14-5-3-4-6-15(14)20/h3-10,17H,1-2H3,(H,22,24)(H2,21,23,26)/t17-/m1/s1.